The highest BCUT2D eigenvalue weighted by atomic mass is 35.5. The molecule has 1 atom stereocenters. The Morgan fingerprint density at radius 1 is 1.38 bits per heavy atom. The predicted octanol–water partition coefficient (Wildman–Crippen LogP) is 3.06. The minimum atomic E-state index is -0.806. The fourth-order valence-electron chi connectivity index (χ4n) is 1.02. The first-order valence-corrected chi connectivity index (χ1v) is 5.24. The van der Waals surface area contributed by atoms with Gasteiger partial charge in [0, 0.05) is 16.7 Å². The first kappa shape index (κ1) is 12.7. The van der Waals surface area contributed by atoms with Crippen molar-refractivity contribution in [3.8, 4) is 0 Å². The molecule has 1 aromatic carbocycles. The summed E-state index contributed by atoms with van der Waals surface area (Å²) in [6.07, 6.45) is 2.23. The normalized spacial score (nSPS) is 14.0. The molecular formula is C11H9Cl2NO2. The molecule has 3 nitrogen and oxygen atoms in total. The van der Waals surface area contributed by atoms with Crippen molar-refractivity contribution in [3.63, 3.8) is 0 Å². The lowest BCUT2D eigenvalue weighted by Gasteiger charge is -2.00. The van der Waals surface area contributed by atoms with Crippen molar-refractivity contribution in [2.75, 3.05) is 0 Å². The van der Waals surface area contributed by atoms with Crippen molar-refractivity contribution < 1.29 is 10.0 Å². The summed E-state index contributed by atoms with van der Waals surface area (Å²) in [5, 5.41) is 10.3. The third-order valence-corrected chi connectivity index (χ3v) is 2.59. The molecule has 1 aromatic rings. The second kappa shape index (κ2) is 6.30. The fourth-order valence-corrected chi connectivity index (χ4v) is 1.29. The van der Waals surface area contributed by atoms with Crippen LogP contribution in [0.5, 0.6) is 0 Å². The van der Waals surface area contributed by atoms with Crippen molar-refractivity contribution in [1.29, 1.82) is 0 Å². The molecule has 1 rings (SSSR count). The highest BCUT2D eigenvalue weighted by Gasteiger charge is 2.09. The number of carbonyl (C=O) groups excluding carboxylic acids is 1. The Hall–Kier alpha value is -1.32. The summed E-state index contributed by atoms with van der Waals surface area (Å²) in [6, 6.07) is 8.66. The van der Waals surface area contributed by atoms with Gasteiger partial charge >= 0.3 is 0 Å². The molecule has 0 fully saturated rings. The SMILES string of the molecule is O=C(/C=C(/Cl)C(Cl)/C=N\O)c1ccccc1. The van der Waals surface area contributed by atoms with Gasteiger partial charge in [0.1, 0.15) is 5.38 Å². The zero-order valence-electron chi connectivity index (χ0n) is 8.18. The van der Waals surface area contributed by atoms with Crippen LogP contribution in [0.4, 0.5) is 0 Å². The quantitative estimate of drug-likeness (QED) is 0.225. The standard InChI is InChI=1S/C11H9Cl2NO2/c12-9(10(13)7-14-16)6-11(15)8-4-2-1-3-5-8/h1-7,10,16H/b9-6+,14-7-. The molecule has 0 aromatic heterocycles. The van der Waals surface area contributed by atoms with E-state index in [0.29, 0.717) is 5.56 Å². The maximum atomic E-state index is 11.6. The highest BCUT2D eigenvalue weighted by Crippen LogP contribution is 2.14. The van der Waals surface area contributed by atoms with Crippen LogP contribution in [-0.4, -0.2) is 22.6 Å². The lowest BCUT2D eigenvalue weighted by molar-refractivity contribution is 0.104. The summed E-state index contributed by atoms with van der Waals surface area (Å²) >= 11 is 11.5. The van der Waals surface area contributed by atoms with Crippen molar-refractivity contribution in [2.45, 2.75) is 5.38 Å². The molecule has 0 radical (unpaired) electrons. The summed E-state index contributed by atoms with van der Waals surface area (Å²) in [4.78, 5) is 11.6. The van der Waals surface area contributed by atoms with Crippen molar-refractivity contribution in [2.24, 2.45) is 5.16 Å². The first-order valence-electron chi connectivity index (χ1n) is 4.43. The largest absolute Gasteiger partial charge is 0.411 e. The maximum Gasteiger partial charge on any atom is 0.187 e. The number of alkyl halides is 1. The van der Waals surface area contributed by atoms with Crippen LogP contribution in [0.25, 0.3) is 0 Å². The molecule has 0 saturated carbocycles. The van der Waals surface area contributed by atoms with E-state index in [1.165, 1.54) is 6.08 Å². The number of benzene rings is 1. The van der Waals surface area contributed by atoms with Crippen LogP contribution in [-0.2, 0) is 0 Å². The van der Waals surface area contributed by atoms with E-state index in [-0.39, 0.29) is 10.8 Å². The summed E-state index contributed by atoms with van der Waals surface area (Å²) in [7, 11) is 0. The van der Waals surface area contributed by atoms with Crippen molar-refractivity contribution in [1.82, 2.24) is 0 Å². The van der Waals surface area contributed by atoms with Gasteiger partial charge in [0.05, 0.1) is 6.21 Å². The number of nitrogens with zero attached hydrogens (tertiary/aromatic N) is 1. The average molecular weight is 258 g/mol. The van der Waals surface area contributed by atoms with E-state index in [9.17, 15) is 4.79 Å². The summed E-state index contributed by atoms with van der Waals surface area (Å²) < 4.78 is 0. The number of allylic oxidation sites excluding steroid dienone is 2. The second-order valence-electron chi connectivity index (χ2n) is 2.93. The van der Waals surface area contributed by atoms with Crippen LogP contribution in [0.2, 0.25) is 0 Å². The van der Waals surface area contributed by atoms with E-state index < -0.39 is 5.38 Å². The molecule has 16 heavy (non-hydrogen) atoms. The number of hydrogen-bond acceptors (Lipinski definition) is 3. The smallest absolute Gasteiger partial charge is 0.187 e. The van der Waals surface area contributed by atoms with Gasteiger partial charge in [-0.15, -0.1) is 16.8 Å². The van der Waals surface area contributed by atoms with Gasteiger partial charge in [-0.1, -0.05) is 41.9 Å². The van der Waals surface area contributed by atoms with E-state index in [4.69, 9.17) is 28.4 Å². The molecule has 0 amide bonds. The number of carbonyl (C=O) groups is 1. The third kappa shape index (κ3) is 3.68. The van der Waals surface area contributed by atoms with E-state index in [0.717, 1.165) is 6.21 Å². The Kier molecular flexibility index (Phi) is 5.02. The Labute approximate surface area is 103 Å². The molecule has 0 spiro atoms. The number of oxime groups is 1. The molecule has 0 bridgehead atoms. The third-order valence-electron chi connectivity index (χ3n) is 1.79. The maximum absolute atomic E-state index is 11.6. The lowest BCUT2D eigenvalue weighted by Crippen LogP contribution is -2.03. The molecule has 5 heteroatoms. The van der Waals surface area contributed by atoms with Gasteiger partial charge < -0.3 is 5.21 Å². The zero-order chi connectivity index (χ0) is 12.0. The molecule has 0 aliphatic heterocycles. The topological polar surface area (TPSA) is 49.7 Å². The van der Waals surface area contributed by atoms with Crippen molar-refractivity contribution >= 4 is 35.2 Å². The Balaban J connectivity index is 2.81. The van der Waals surface area contributed by atoms with Gasteiger partial charge in [0.25, 0.3) is 0 Å². The molecule has 0 aliphatic rings. The molecule has 0 heterocycles. The van der Waals surface area contributed by atoms with Gasteiger partial charge in [-0.25, -0.2) is 0 Å². The van der Waals surface area contributed by atoms with Crippen LogP contribution in [0.3, 0.4) is 0 Å². The van der Waals surface area contributed by atoms with Crippen LogP contribution < -0.4 is 0 Å². The summed E-state index contributed by atoms with van der Waals surface area (Å²) in [5.74, 6) is -0.248. The van der Waals surface area contributed by atoms with Crippen LogP contribution in [0, 0.1) is 0 Å². The monoisotopic (exact) mass is 257 g/mol. The molecule has 0 aliphatic carbocycles. The molecule has 0 saturated heterocycles. The van der Waals surface area contributed by atoms with Gasteiger partial charge in [0.15, 0.2) is 5.78 Å². The molecule has 1 unspecified atom stereocenters. The number of halogens is 2. The van der Waals surface area contributed by atoms with E-state index in [2.05, 4.69) is 5.16 Å². The minimum absolute atomic E-state index is 0.105. The molecular weight excluding hydrogens is 249 g/mol. The molecule has 1 N–H and O–H groups in total. The minimum Gasteiger partial charge on any atom is -0.411 e. The summed E-state index contributed by atoms with van der Waals surface area (Å²) in [6.45, 7) is 0. The number of rotatable bonds is 4. The van der Waals surface area contributed by atoms with E-state index in [1.807, 2.05) is 6.07 Å². The van der Waals surface area contributed by atoms with E-state index in [1.54, 1.807) is 24.3 Å². The summed E-state index contributed by atoms with van der Waals surface area (Å²) in [5.41, 5.74) is 0.519. The molecule has 84 valence electrons. The Morgan fingerprint density at radius 3 is 2.56 bits per heavy atom. The van der Waals surface area contributed by atoms with Gasteiger partial charge in [-0.05, 0) is 0 Å². The van der Waals surface area contributed by atoms with Gasteiger partial charge in [0.2, 0.25) is 0 Å². The first-order chi connectivity index (χ1) is 7.65. The number of ketones is 1. The number of hydrogen-bond donors (Lipinski definition) is 1. The average Bonchev–Trinajstić information content (AvgIpc) is 2.30. The predicted molar refractivity (Wildman–Crippen MR) is 64.6 cm³/mol. The fraction of sp³-hybridized carbons (Fsp3) is 0.0909. The van der Waals surface area contributed by atoms with E-state index >= 15 is 0 Å². The van der Waals surface area contributed by atoms with Crippen LogP contribution >= 0.6 is 23.2 Å². The second-order valence-corrected chi connectivity index (χ2v) is 3.83. The van der Waals surface area contributed by atoms with Crippen LogP contribution in [0.15, 0.2) is 46.6 Å². The van der Waals surface area contributed by atoms with Gasteiger partial charge in [-0.3, -0.25) is 4.79 Å². The highest BCUT2D eigenvalue weighted by molar-refractivity contribution is 6.42. The zero-order valence-corrected chi connectivity index (χ0v) is 9.69. The lowest BCUT2D eigenvalue weighted by atomic mass is 10.1. The van der Waals surface area contributed by atoms with Crippen LogP contribution in [0.1, 0.15) is 10.4 Å². The Morgan fingerprint density at radius 2 is 2.00 bits per heavy atom. The van der Waals surface area contributed by atoms with Gasteiger partial charge in [-0.2, -0.15) is 0 Å². The van der Waals surface area contributed by atoms with Crippen molar-refractivity contribution in [3.05, 3.63) is 47.0 Å². The Bertz CT molecular complexity index is 415.